The highest BCUT2D eigenvalue weighted by molar-refractivity contribution is 6.32. The summed E-state index contributed by atoms with van der Waals surface area (Å²) in [5.41, 5.74) is 1.02. The minimum atomic E-state index is -1.05. The molecule has 0 unspecified atom stereocenters. The highest BCUT2D eigenvalue weighted by Crippen LogP contribution is 2.33. The van der Waals surface area contributed by atoms with E-state index in [-0.39, 0.29) is 19.3 Å². The molecule has 0 fully saturated rings. The van der Waals surface area contributed by atoms with Crippen LogP contribution in [0, 0.1) is 0 Å². The van der Waals surface area contributed by atoms with E-state index in [1.165, 1.54) is 0 Å². The van der Waals surface area contributed by atoms with Crippen LogP contribution in [-0.2, 0) is 11.2 Å². The van der Waals surface area contributed by atoms with Crippen LogP contribution in [0.4, 0.5) is 0 Å². The number of aliphatic carboxylic acids is 1. The first-order chi connectivity index (χ1) is 13.9. The predicted octanol–water partition coefficient (Wildman–Crippen LogP) is 2.52. The quantitative estimate of drug-likeness (QED) is 0.572. The zero-order valence-corrected chi connectivity index (χ0v) is 16.8. The number of carboxylic acid groups (broad SMARTS) is 1. The molecule has 7 nitrogen and oxygen atoms in total. The van der Waals surface area contributed by atoms with Gasteiger partial charge in [-0.1, -0.05) is 29.8 Å². The Morgan fingerprint density at radius 3 is 2.86 bits per heavy atom. The molecule has 3 rings (SSSR count). The van der Waals surface area contributed by atoms with Gasteiger partial charge < -0.3 is 29.7 Å². The number of hydrogen-bond acceptors (Lipinski definition) is 6. The Labute approximate surface area is 174 Å². The maximum atomic E-state index is 11.0. The van der Waals surface area contributed by atoms with Crippen molar-refractivity contribution < 1.29 is 29.2 Å². The lowest BCUT2D eigenvalue weighted by Gasteiger charge is -2.24. The number of nitrogens with one attached hydrogen (secondary N) is 1. The number of rotatable bonds is 9. The fourth-order valence-electron chi connectivity index (χ4n) is 2.93. The van der Waals surface area contributed by atoms with Gasteiger partial charge in [-0.2, -0.15) is 0 Å². The number of aliphatic hydroxyl groups is 1. The summed E-state index contributed by atoms with van der Waals surface area (Å²) in [4.78, 5) is 11.0. The van der Waals surface area contributed by atoms with Gasteiger partial charge in [0.05, 0.1) is 5.02 Å². The van der Waals surface area contributed by atoms with Crippen molar-refractivity contribution in [3.05, 3.63) is 53.1 Å². The molecule has 0 spiro atoms. The van der Waals surface area contributed by atoms with Gasteiger partial charge in [0.15, 0.2) is 11.5 Å². The molecular formula is C21H24ClNO6. The summed E-state index contributed by atoms with van der Waals surface area (Å²) in [6.45, 7) is 2.50. The second-order valence-corrected chi connectivity index (χ2v) is 7.35. The number of fused-ring (bicyclic) bond motifs is 1. The minimum Gasteiger partial charge on any atom is -0.489 e. The molecule has 2 aromatic rings. The molecule has 8 heteroatoms. The van der Waals surface area contributed by atoms with Crippen molar-refractivity contribution >= 4 is 17.6 Å². The molecule has 1 aliphatic heterocycles. The third-order valence-corrected chi connectivity index (χ3v) is 4.77. The molecule has 1 aliphatic rings. The van der Waals surface area contributed by atoms with Crippen LogP contribution in [0.25, 0.3) is 0 Å². The number of aliphatic hydroxyl groups excluding tert-OH is 1. The summed E-state index contributed by atoms with van der Waals surface area (Å²) in [5.74, 6) is 0.470. The van der Waals surface area contributed by atoms with E-state index >= 15 is 0 Å². The van der Waals surface area contributed by atoms with Crippen molar-refractivity contribution in [2.24, 2.45) is 0 Å². The van der Waals surface area contributed by atoms with E-state index in [1.807, 2.05) is 31.2 Å². The lowest BCUT2D eigenvalue weighted by molar-refractivity contribution is -0.147. The molecule has 0 saturated heterocycles. The van der Waals surface area contributed by atoms with Crippen LogP contribution in [0.15, 0.2) is 42.5 Å². The molecule has 0 radical (unpaired) electrons. The van der Waals surface area contributed by atoms with E-state index in [9.17, 15) is 9.90 Å². The number of benzene rings is 2. The molecule has 1 heterocycles. The molecule has 156 valence electrons. The zero-order valence-electron chi connectivity index (χ0n) is 16.0. The molecule has 29 heavy (non-hydrogen) atoms. The van der Waals surface area contributed by atoms with Crippen molar-refractivity contribution in [3.63, 3.8) is 0 Å². The molecule has 0 amide bonds. The van der Waals surface area contributed by atoms with E-state index in [4.69, 9.17) is 30.9 Å². The first kappa shape index (κ1) is 21.2. The number of carboxylic acids is 1. The lowest BCUT2D eigenvalue weighted by atomic mass is 10.1. The van der Waals surface area contributed by atoms with Crippen LogP contribution in [0.1, 0.15) is 12.5 Å². The SMILES string of the molecule is C[C@H](Cc1ccc2c(c1)OC[C@H](C(=O)O)O2)NC[C@H](O)COc1ccccc1Cl. The summed E-state index contributed by atoms with van der Waals surface area (Å²) in [6, 6.07) is 12.7. The van der Waals surface area contributed by atoms with Crippen LogP contribution < -0.4 is 19.5 Å². The smallest absolute Gasteiger partial charge is 0.348 e. The Balaban J connectivity index is 1.44. The minimum absolute atomic E-state index is 0.0167. The average molecular weight is 422 g/mol. The van der Waals surface area contributed by atoms with Gasteiger partial charge >= 0.3 is 5.97 Å². The maximum absolute atomic E-state index is 11.0. The highest BCUT2D eigenvalue weighted by atomic mass is 35.5. The van der Waals surface area contributed by atoms with Crippen LogP contribution in [0.5, 0.6) is 17.2 Å². The van der Waals surface area contributed by atoms with E-state index in [0.29, 0.717) is 35.2 Å². The number of halogens is 1. The summed E-state index contributed by atoms with van der Waals surface area (Å²) < 4.78 is 16.5. The van der Waals surface area contributed by atoms with E-state index in [2.05, 4.69) is 5.32 Å². The number of para-hydroxylation sites is 1. The Bertz CT molecular complexity index is 846. The van der Waals surface area contributed by atoms with Gasteiger partial charge in [0.2, 0.25) is 6.10 Å². The molecule has 0 aromatic heterocycles. The predicted molar refractivity (Wildman–Crippen MR) is 108 cm³/mol. The molecule has 3 atom stereocenters. The fourth-order valence-corrected chi connectivity index (χ4v) is 3.12. The monoisotopic (exact) mass is 421 g/mol. The highest BCUT2D eigenvalue weighted by Gasteiger charge is 2.27. The molecule has 0 aliphatic carbocycles. The number of hydrogen-bond donors (Lipinski definition) is 3. The van der Waals surface area contributed by atoms with Gasteiger partial charge in [0.1, 0.15) is 25.1 Å². The number of ether oxygens (including phenoxy) is 3. The van der Waals surface area contributed by atoms with E-state index in [1.54, 1.807) is 18.2 Å². The Kier molecular flexibility index (Phi) is 7.19. The Hall–Kier alpha value is -2.48. The molecular weight excluding hydrogens is 398 g/mol. The fraction of sp³-hybridized carbons (Fsp3) is 0.381. The van der Waals surface area contributed by atoms with Crippen LogP contribution in [-0.4, -0.2) is 54.2 Å². The Morgan fingerprint density at radius 1 is 1.31 bits per heavy atom. The standard InChI is InChI=1S/C21H24ClNO6/c1-13(23-10-15(24)11-27-17-5-3-2-4-16(17)22)8-14-6-7-18-19(9-14)28-12-20(29-18)21(25)26/h2-7,9,13,15,20,23-24H,8,10-12H2,1H3,(H,25,26)/t13-,15+,20-/m1/s1. The first-order valence-corrected chi connectivity index (χ1v) is 9.74. The van der Waals surface area contributed by atoms with Crippen LogP contribution >= 0.6 is 11.6 Å². The lowest BCUT2D eigenvalue weighted by Crippen LogP contribution is -2.37. The van der Waals surface area contributed by atoms with E-state index < -0.39 is 18.2 Å². The number of carbonyl (C=O) groups is 1. The third-order valence-electron chi connectivity index (χ3n) is 4.45. The van der Waals surface area contributed by atoms with Crippen molar-refractivity contribution in [1.82, 2.24) is 5.32 Å². The van der Waals surface area contributed by atoms with Gasteiger partial charge in [0, 0.05) is 12.6 Å². The normalized spacial score (nSPS) is 17.4. The molecule has 2 aromatic carbocycles. The van der Waals surface area contributed by atoms with Crippen LogP contribution in [0.3, 0.4) is 0 Å². The van der Waals surface area contributed by atoms with Crippen molar-refractivity contribution in [2.45, 2.75) is 31.6 Å². The maximum Gasteiger partial charge on any atom is 0.348 e. The van der Waals surface area contributed by atoms with Crippen molar-refractivity contribution in [3.8, 4) is 17.2 Å². The Morgan fingerprint density at radius 2 is 2.10 bits per heavy atom. The zero-order chi connectivity index (χ0) is 20.8. The summed E-state index contributed by atoms with van der Waals surface area (Å²) in [7, 11) is 0. The summed E-state index contributed by atoms with van der Waals surface area (Å²) in [5, 5.41) is 22.9. The summed E-state index contributed by atoms with van der Waals surface area (Å²) in [6.07, 6.45) is -0.956. The van der Waals surface area contributed by atoms with Crippen LogP contribution in [0.2, 0.25) is 5.02 Å². The molecule has 0 bridgehead atoms. The van der Waals surface area contributed by atoms with Gasteiger partial charge in [-0.15, -0.1) is 0 Å². The van der Waals surface area contributed by atoms with Gasteiger partial charge in [-0.25, -0.2) is 4.79 Å². The third kappa shape index (κ3) is 6.00. The summed E-state index contributed by atoms with van der Waals surface area (Å²) >= 11 is 6.03. The van der Waals surface area contributed by atoms with E-state index in [0.717, 1.165) is 5.56 Å². The van der Waals surface area contributed by atoms with Gasteiger partial charge in [-0.05, 0) is 43.2 Å². The van der Waals surface area contributed by atoms with Gasteiger partial charge in [-0.3, -0.25) is 0 Å². The topological polar surface area (TPSA) is 97.3 Å². The van der Waals surface area contributed by atoms with Crippen molar-refractivity contribution in [1.29, 1.82) is 0 Å². The second kappa shape index (κ2) is 9.82. The largest absolute Gasteiger partial charge is 0.489 e. The second-order valence-electron chi connectivity index (χ2n) is 6.95. The molecule has 0 saturated carbocycles. The van der Waals surface area contributed by atoms with Gasteiger partial charge in [0.25, 0.3) is 0 Å². The average Bonchev–Trinajstić information content (AvgIpc) is 2.71. The first-order valence-electron chi connectivity index (χ1n) is 9.36. The molecule has 3 N–H and O–H groups in total. The van der Waals surface area contributed by atoms with Crippen molar-refractivity contribution in [2.75, 3.05) is 19.8 Å².